The average molecular weight is 389 g/mol. The molecule has 0 saturated carbocycles. The molecule has 1 aromatic carbocycles. The predicted molar refractivity (Wildman–Crippen MR) is 110 cm³/mol. The molecular weight excluding hydrogens is 356 g/mol. The maximum atomic E-state index is 12.8. The number of rotatable bonds is 11. The molecule has 0 aliphatic carbocycles. The molecule has 0 aliphatic heterocycles. The van der Waals surface area contributed by atoms with Gasteiger partial charge in [-0.1, -0.05) is 51.3 Å². The smallest absolute Gasteiger partial charge is 0.264 e. The molecule has 0 atom stereocenters. The van der Waals surface area contributed by atoms with Gasteiger partial charge < -0.3 is 19.3 Å². The number of carbonyl (C=O) groups is 1. The lowest BCUT2D eigenvalue weighted by Gasteiger charge is -2.28. The Kier molecular flexibility index (Phi) is 7.91. The first-order chi connectivity index (χ1) is 13.5. The fourth-order valence-corrected chi connectivity index (χ4v) is 3.63. The molecule has 0 bridgehead atoms. The van der Waals surface area contributed by atoms with Crippen molar-refractivity contribution in [3.8, 4) is 11.5 Å². The molecule has 0 saturated heterocycles. The third-order valence-electron chi connectivity index (χ3n) is 5.54. The van der Waals surface area contributed by atoms with Crippen LogP contribution in [0.4, 0.5) is 5.82 Å². The normalized spacial score (nSPS) is 11.3. The van der Waals surface area contributed by atoms with Crippen LogP contribution >= 0.6 is 0 Å². The van der Waals surface area contributed by atoms with Crippen molar-refractivity contribution in [1.29, 1.82) is 0 Å². The van der Waals surface area contributed by atoms with E-state index < -0.39 is 0 Å². The molecule has 6 heteroatoms. The topological polar surface area (TPSA) is 73.6 Å². The Labute approximate surface area is 167 Å². The van der Waals surface area contributed by atoms with E-state index in [0.717, 1.165) is 31.4 Å². The van der Waals surface area contributed by atoms with Gasteiger partial charge in [0, 0.05) is 11.5 Å². The second-order valence-corrected chi connectivity index (χ2v) is 7.01. The number of hydrogen-bond acceptors (Lipinski definition) is 5. The Morgan fingerprint density at radius 2 is 1.75 bits per heavy atom. The highest BCUT2D eigenvalue weighted by atomic mass is 16.5. The van der Waals surface area contributed by atoms with Crippen LogP contribution in [0.1, 0.15) is 75.4 Å². The zero-order valence-corrected chi connectivity index (χ0v) is 17.6. The van der Waals surface area contributed by atoms with Gasteiger partial charge in [-0.2, -0.15) is 0 Å². The molecule has 0 fully saturated rings. The number of carbonyl (C=O) groups excluding carboxylic acids is 1. The van der Waals surface area contributed by atoms with Gasteiger partial charge in [-0.05, 0) is 31.4 Å². The molecule has 0 radical (unpaired) electrons. The van der Waals surface area contributed by atoms with Gasteiger partial charge in [0.2, 0.25) is 0 Å². The Morgan fingerprint density at radius 1 is 1.11 bits per heavy atom. The molecule has 2 aromatic rings. The minimum absolute atomic E-state index is 0.0483. The van der Waals surface area contributed by atoms with Crippen LogP contribution in [-0.2, 0) is 5.41 Å². The van der Waals surface area contributed by atoms with E-state index in [4.69, 9.17) is 14.0 Å². The van der Waals surface area contributed by atoms with Crippen LogP contribution in [-0.4, -0.2) is 25.3 Å². The van der Waals surface area contributed by atoms with Gasteiger partial charge in [0.1, 0.15) is 22.8 Å². The third-order valence-corrected chi connectivity index (χ3v) is 5.54. The van der Waals surface area contributed by atoms with Crippen molar-refractivity contribution in [3.05, 3.63) is 35.6 Å². The summed E-state index contributed by atoms with van der Waals surface area (Å²) in [6, 6.07) is 7.06. The van der Waals surface area contributed by atoms with Gasteiger partial charge in [-0.25, -0.2) is 0 Å². The lowest BCUT2D eigenvalue weighted by Crippen LogP contribution is -2.23. The molecule has 1 aromatic heterocycles. The second-order valence-electron chi connectivity index (χ2n) is 7.01. The number of nitrogens with zero attached hydrogens (tertiary/aromatic N) is 1. The average Bonchev–Trinajstić information content (AvgIpc) is 3.19. The van der Waals surface area contributed by atoms with Crippen molar-refractivity contribution in [3.63, 3.8) is 0 Å². The van der Waals surface area contributed by atoms with E-state index in [1.807, 2.05) is 6.07 Å². The third kappa shape index (κ3) is 4.66. The molecular formula is C22H32N2O4. The lowest BCUT2D eigenvalue weighted by molar-refractivity contribution is 0.102. The van der Waals surface area contributed by atoms with Gasteiger partial charge in [0.25, 0.3) is 5.91 Å². The van der Waals surface area contributed by atoms with Gasteiger partial charge in [-0.15, -0.1) is 0 Å². The van der Waals surface area contributed by atoms with Crippen LogP contribution in [0.5, 0.6) is 11.5 Å². The summed E-state index contributed by atoms with van der Waals surface area (Å²) in [6.45, 7) is 6.56. The van der Waals surface area contributed by atoms with Crippen LogP contribution < -0.4 is 14.8 Å². The summed E-state index contributed by atoms with van der Waals surface area (Å²) < 4.78 is 16.3. The Hall–Kier alpha value is -2.50. The van der Waals surface area contributed by atoms with Crippen LogP contribution in [0.25, 0.3) is 0 Å². The highest BCUT2D eigenvalue weighted by Crippen LogP contribution is 2.38. The van der Waals surface area contributed by atoms with Crippen molar-refractivity contribution in [2.45, 2.75) is 64.7 Å². The zero-order valence-electron chi connectivity index (χ0n) is 17.6. The number of nitrogens with one attached hydrogen (secondary N) is 1. The summed E-state index contributed by atoms with van der Waals surface area (Å²) in [5.41, 5.74) is 0.282. The summed E-state index contributed by atoms with van der Waals surface area (Å²) in [5, 5.41) is 6.91. The number of amides is 1. The molecule has 6 nitrogen and oxygen atoms in total. The first-order valence-electron chi connectivity index (χ1n) is 10.0. The first kappa shape index (κ1) is 21.8. The number of unbranched alkanes of at least 4 members (excludes halogenated alkanes) is 2. The van der Waals surface area contributed by atoms with Crippen molar-refractivity contribution in [2.24, 2.45) is 0 Å². The van der Waals surface area contributed by atoms with Crippen LogP contribution in [0, 0.1) is 0 Å². The minimum atomic E-state index is -0.348. The summed E-state index contributed by atoms with van der Waals surface area (Å²) in [7, 11) is 3.04. The van der Waals surface area contributed by atoms with Crippen molar-refractivity contribution < 1.29 is 18.8 Å². The Bertz CT molecular complexity index is 743. The highest BCUT2D eigenvalue weighted by molar-refractivity contribution is 6.07. The fraction of sp³-hybridized carbons (Fsp3) is 0.545. The highest BCUT2D eigenvalue weighted by Gasteiger charge is 2.32. The quantitative estimate of drug-likeness (QED) is 0.509. The molecule has 154 valence electrons. The maximum absolute atomic E-state index is 12.8. The number of hydrogen-bond donors (Lipinski definition) is 1. The van der Waals surface area contributed by atoms with Gasteiger partial charge in [0.15, 0.2) is 5.82 Å². The Morgan fingerprint density at radius 3 is 2.29 bits per heavy atom. The van der Waals surface area contributed by atoms with Crippen LogP contribution in [0.3, 0.4) is 0 Å². The van der Waals surface area contributed by atoms with Crippen molar-refractivity contribution >= 4 is 11.7 Å². The Balaban J connectivity index is 2.23. The van der Waals surface area contributed by atoms with Gasteiger partial charge in [-0.3, -0.25) is 4.79 Å². The van der Waals surface area contributed by atoms with E-state index in [-0.39, 0.29) is 11.3 Å². The summed E-state index contributed by atoms with van der Waals surface area (Å²) in [6.07, 6.45) is 6.52. The summed E-state index contributed by atoms with van der Waals surface area (Å²) in [5.74, 6) is 1.76. The van der Waals surface area contributed by atoms with E-state index in [2.05, 4.69) is 31.2 Å². The number of benzene rings is 1. The molecule has 0 aliphatic rings. The van der Waals surface area contributed by atoms with E-state index in [1.54, 1.807) is 18.2 Å². The summed E-state index contributed by atoms with van der Waals surface area (Å²) in [4.78, 5) is 12.8. The summed E-state index contributed by atoms with van der Waals surface area (Å²) >= 11 is 0. The van der Waals surface area contributed by atoms with E-state index in [9.17, 15) is 4.79 Å². The number of aromatic nitrogens is 1. The molecule has 28 heavy (non-hydrogen) atoms. The largest absolute Gasteiger partial charge is 0.496 e. The van der Waals surface area contributed by atoms with Crippen molar-refractivity contribution in [1.82, 2.24) is 5.16 Å². The van der Waals surface area contributed by atoms with Crippen molar-refractivity contribution in [2.75, 3.05) is 19.5 Å². The molecule has 1 N–H and O–H groups in total. The van der Waals surface area contributed by atoms with E-state index in [1.165, 1.54) is 27.1 Å². The SMILES string of the molecule is CCCCCC(CC)(CC)c1cc(NC(=O)c2c(OC)cccc2OC)no1. The number of methoxy groups -OCH3 is 2. The van der Waals surface area contributed by atoms with Crippen LogP contribution in [0.15, 0.2) is 28.8 Å². The van der Waals surface area contributed by atoms with Crippen LogP contribution in [0.2, 0.25) is 0 Å². The monoisotopic (exact) mass is 388 g/mol. The standard InChI is InChI=1S/C22H32N2O4/c1-6-9-10-14-22(7-2,8-3)18-15-19(24-28-18)23-21(25)20-16(26-4)12-11-13-17(20)27-5/h11-13,15H,6-10,14H2,1-5H3,(H,23,24,25). The molecule has 2 rings (SSSR count). The number of ether oxygens (including phenoxy) is 2. The molecule has 1 heterocycles. The van der Waals surface area contributed by atoms with E-state index in [0.29, 0.717) is 22.9 Å². The van der Waals surface area contributed by atoms with E-state index >= 15 is 0 Å². The second kappa shape index (κ2) is 10.2. The van der Waals surface area contributed by atoms with Gasteiger partial charge in [0.05, 0.1) is 14.2 Å². The molecule has 0 spiro atoms. The molecule has 0 unspecified atom stereocenters. The van der Waals surface area contributed by atoms with Gasteiger partial charge >= 0.3 is 0 Å². The maximum Gasteiger partial charge on any atom is 0.264 e. The zero-order chi connectivity index (χ0) is 20.6. The lowest BCUT2D eigenvalue weighted by atomic mass is 9.75. The predicted octanol–water partition coefficient (Wildman–Crippen LogP) is 5.58. The fourth-order valence-electron chi connectivity index (χ4n) is 3.63. The minimum Gasteiger partial charge on any atom is -0.496 e. The number of anilines is 1. The molecule has 1 amide bonds. The first-order valence-corrected chi connectivity index (χ1v) is 10.0.